The molecule has 0 spiro atoms. The third kappa shape index (κ3) is 3.28. The molecule has 5 nitrogen and oxygen atoms in total. The van der Waals surface area contributed by atoms with Crippen LogP contribution in [0.25, 0.3) is 10.9 Å². The first-order chi connectivity index (χ1) is 11.2. The highest BCUT2D eigenvalue weighted by atomic mass is 16.2. The fraction of sp³-hybridized carbons (Fsp3) is 0.333. The van der Waals surface area contributed by atoms with Gasteiger partial charge >= 0.3 is 0 Å². The summed E-state index contributed by atoms with van der Waals surface area (Å²) in [5.41, 5.74) is 2.18. The van der Waals surface area contributed by atoms with Crippen LogP contribution in [-0.4, -0.2) is 34.8 Å². The molecular weight excluding hydrogens is 290 g/mol. The Balaban J connectivity index is 1.55. The van der Waals surface area contributed by atoms with E-state index in [4.69, 9.17) is 0 Å². The van der Waals surface area contributed by atoms with Crippen LogP contribution in [0.5, 0.6) is 0 Å². The molecule has 1 aromatic carbocycles. The number of fused-ring (bicyclic) bond motifs is 1. The van der Waals surface area contributed by atoms with Crippen molar-refractivity contribution in [3.8, 4) is 0 Å². The van der Waals surface area contributed by atoms with Gasteiger partial charge in [-0.3, -0.25) is 9.59 Å². The van der Waals surface area contributed by atoms with E-state index in [1.165, 1.54) is 6.08 Å². The summed E-state index contributed by atoms with van der Waals surface area (Å²) in [5, 5.41) is 4.17. The van der Waals surface area contributed by atoms with E-state index in [-0.39, 0.29) is 17.7 Å². The van der Waals surface area contributed by atoms with Gasteiger partial charge in [-0.25, -0.2) is 0 Å². The second-order valence-electron chi connectivity index (χ2n) is 5.88. The molecule has 2 heterocycles. The first-order valence-electron chi connectivity index (χ1n) is 7.93. The van der Waals surface area contributed by atoms with Crippen LogP contribution >= 0.6 is 0 Å². The number of benzene rings is 1. The summed E-state index contributed by atoms with van der Waals surface area (Å²) in [6, 6.07) is 8.06. The quantitative estimate of drug-likeness (QED) is 0.850. The van der Waals surface area contributed by atoms with E-state index in [1.54, 1.807) is 4.90 Å². The average molecular weight is 311 g/mol. The topological polar surface area (TPSA) is 65.2 Å². The molecule has 0 bridgehead atoms. The Morgan fingerprint density at radius 3 is 2.83 bits per heavy atom. The lowest BCUT2D eigenvalue weighted by Crippen LogP contribution is -2.42. The van der Waals surface area contributed by atoms with Crippen molar-refractivity contribution in [1.29, 1.82) is 0 Å². The van der Waals surface area contributed by atoms with Crippen LogP contribution in [0.15, 0.2) is 43.1 Å². The summed E-state index contributed by atoms with van der Waals surface area (Å²) in [6.07, 6.45) is 4.65. The van der Waals surface area contributed by atoms with Crippen molar-refractivity contribution in [2.75, 3.05) is 13.1 Å². The van der Waals surface area contributed by atoms with Crippen LogP contribution in [0.2, 0.25) is 0 Å². The Bertz CT molecular complexity index is 727. The van der Waals surface area contributed by atoms with Crippen LogP contribution in [0, 0.1) is 5.92 Å². The minimum Gasteiger partial charge on any atom is -0.361 e. The molecule has 1 fully saturated rings. The van der Waals surface area contributed by atoms with Gasteiger partial charge in [0.15, 0.2) is 0 Å². The van der Waals surface area contributed by atoms with Crippen molar-refractivity contribution in [2.24, 2.45) is 5.92 Å². The molecule has 23 heavy (non-hydrogen) atoms. The maximum Gasteiger partial charge on any atom is 0.245 e. The van der Waals surface area contributed by atoms with Crippen LogP contribution in [0.3, 0.4) is 0 Å². The number of aromatic amines is 1. The summed E-state index contributed by atoms with van der Waals surface area (Å²) >= 11 is 0. The molecule has 3 rings (SSSR count). The highest BCUT2D eigenvalue weighted by molar-refractivity contribution is 5.87. The van der Waals surface area contributed by atoms with E-state index in [9.17, 15) is 9.59 Å². The molecule has 5 heteroatoms. The van der Waals surface area contributed by atoms with Gasteiger partial charge in [-0.05, 0) is 36.6 Å². The number of aromatic nitrogens is 1. The Kier molecular flexibility index (Phi) is 4.46. The van der Waals surface area contributed by atoms with Gasteiger partial charge in [0.05, 0.1) is 0 Å². The van der Waals surface area contributed by atoms with E-state index in [2.05, 4.69) is 16.9 Å². The van der Waals surface area contributed by atoms with Crippen LogP contribution < -0.4 is 5.32 Å². The average Bonchev–Trinajstić information content (AvgIpc) is 3.08. The number of carbonyl (C=O) groups excluding carboxylic acids is 2. The standard InChI is InChI=1S/C18H21N3O2/c1-2-17(22)21-10-7-13(8-11-21)18(23)20-12-14-4-3-5-16-15(14)6-9-19-16/h2-6,9,13,19H,1,7-8,10-12H2,(H,20,23). The molecule has 1 saturated heterocycles. The molecule has 0 saturated carbocycles. The van der Waals surface area contributed by atoms with E-state index in [0.717, 1.165) is 16.5 Å². The highest BCUT2D eigenvalue weighted by Crippen LogP contribution is 2.19. The number of carbonyl (C=O) groups is 2. The first kappa shape index (κ1) is 15.3. The number of hydrogen-bond donors (Lipinski definition) is 2. The lowest BCUT2D eigenvalue weighted by atomic mass is 9.95. The summed E-state index contributed by atoms with van der Waals surface area (Å²) in [6.45, 7) is 5.27. The number of amides is 2. The van der Waals surface area contributed by atoms with Crippen molar-refractivity contribution < 1.29 is 9.59 Å². The maximum absolute atomic E-state index is 12.3. The number of nitrogens with one attached hydrogen (secondary N) is 2. The van der Waals surface area contributed by atoms with E-state index in [0.29, 0.717) is 32.5 Å². The fourth-order valence-electron chi connectivity index (χ4n) is 3.12. The summed E-state index contributed by atoms with van der Waals surface area (Å²) in [4.78, 5) is 28.8. The van der Waals surface area contributed by atoms with Crippen LogP contribution in [0.1, 0.15) is 18.4 Å². The third-order valence-electron chi connectivity index (χ3n) is 4.49. The summed E-state index contributed by atoms with van der Waals surface area (Å²) in [5.74, 6) is 0.000489. The third-order valence-corrected chi connectivity index (χ3v) is 4.49. The summed E-state index contributed by atoms with van der Waals surface area (Å²) in [7, 11) is 0. The molecule has 2 amide bonds. The second kappa shape index (κ2) is 6.69. The minimum atomic E-state index is -0.0528. The monoisotopic (exact) mass is 311 g/mol. The first-order valence-corrected chi connectivity index (χ1v) is 7.93. The van der Waals surface area contributed by atoms with Gasteiger partial charge in [0.1, 0.15) is 0 Å². The highest BCUT2D eigenvalue weighted by Gasteiger charge is 2.26. The molecule has 0 unspecified atom stereocenters. The Morgan fingerprint density at radius 2 is 2.09 bits per heavy atom. The van der Waals surface area contributed by atoms with Crippen molar-refractivity contribution >= 4 is 22.7 Å². The largest absolute Gasteiger partial charge is 0.361 e. The van der Waals surface area contributed by atoms with Crippen molar-refractivity contribution in [2.45, 2.75) is 19.4 Å². The van der Waals surface area contributed by atoms with Crippen molar-refractivity contribution in [3.63, 3.8) is 0 Å². The normalized spacial score (nSPS) is 15.6. The molecule has 2 N–H and O–H groups in total. The zero-order valence-electron chi connectivity index (χ0n) is 13.0. The van der Waals surface area contributed by atoms with Gasteiger partial charge in [-0.1, -0.05) is 18.7 Å². The van der Waals surface area contributed by atoms with Gasteiger partial charge in [-0.2, -0.15) is 0 Å². The predicted octanol–water partition coefficient (Wildman–Crippen LogP) is 2.21. The number of H-pyrrole nitrogens is 1. The Hall–Kier alpha value is -2.56. The van der Waals surface area contributed by atoms with Gasteiger partial charge in [0.2, 0.25) is 11.8 Å². The Morgan fingerprint density at radius 1 is 1.30 bits per heavy atom. The number of nitrogens with zero attached hydrogens (tertiary/aromatic N) is 1. The zero-order valence-corrected chi connectivity index (χ0v) is 13.0. The fourth-order valence-corrected chi connectivity index (χ4v) is 3.12. The van der Waals surface area contributed by atoms with E-state index >= 15 is 0 Å². The molecule has 1 aliphatic heterocycles. The van der Waals surface area contributed by atoms with Crippen LogP contribution in [-0.2, 0) is 16.1 Å². The molecular formula is C18H21N3O2. The zero-order chi connectivity index (χ0) is 16.2. The van der Waals surface area contributed by atoms with Gasteiger partial charge in [0.25, 0.3) is 0 Å². The van der Waals surface area contributed by atoms with Crippen LogP contribution in [0.4, 0.5) is 0 Å². The number of hydrogen-bond acceptors (Lipinski definition) is 2. The predicted molar refractivity (Wildman–Crippen MR) is 89.6 cm³/mol. The Labute approximate surface area is 135 Å². The molecule has 1 aromatic heterocycles. The van der Waals surface area contributed by atoms with E-state index in [1.807, 2.05) is 30.5 Å². The summed E-state index contributed by atoms with van der Waals surface area (Å²) < 4.78 is 0. The molecule has 120 valence electrons. The minimum absolute atomic E-state index is 0.0192. The second-order valence-corrected chi connectivity index (χ2v) is 5.88. The number of rotatable bonds is 4. The molecule has 0 atom stereocenters. The maximum atomic E-state index is 12.3. The lowest BCUT2D eigenvalue weighted by molar-refractivity contribution is -0.132. The molecule has 1 aliphatic rings. The van der Waals surface area contributed by atoms with Gasteiger partial charge in [0, 0.05) is 42.7 Å². The number of piperidine rings is 1. The number of likely N-dealkylation sites (tertiary alicyclic amines) is 1. The van der Waals surface area contributed by atoms with Gasteiger partial charge in [-0.15, -0.1) is 0 Å². The molecule has 2 aromatic rings. The smallest absolute Gasteiger partial charge is 0.245 e. The van der Waals surface area contributed by atoms with E-state index < -0.39 is 0 Å². The van der Waals surface area contributed by atoms with Gasteiger partial charge < -0.3 is 15.2 Å². The lowest BCUT2D eigenvalue weighted by Gasteiger charge is -2.30. The van der Waals surface area contributed by atoms with Crippen molar-refractivity contribution in [1.82, 2.24) is 15.2 Å². The SMILES string of the molecule is C=CC(=O)N1CCC(C(=O)NCc2cccc3[nH]ccc23)CC1. The molecule has 0 radical (unpaired) electrons. The molecule has 0 aliphatic carbocycles. The van der Waals surface area contributed by atoms with Crippen molar-refractivity contribution in [3.05, 3.63) is 48.7 Å².